The van der Waals surface area contributed by atoms with E-state index in [9.17, 15) is 9.59 Å². The summed E-state index contributed by atoms with van der Waals surface area (Å²) in [6.07, 6.45) is 5.81. The summed E-state index contributed by atoms with van der Waals surface area (Å²) in [5.74, 6) is -0.496. The van der Waals surface area contributed by atoms with Crippen LogP contribution in [0, 0.1) is 0 Å². The average Bonchev–Trinajstić information content (AvgIpc) is 3.14. The first kappa shape index (κ1) is 28.1. The van der Waals surface area contributed by atoms with Gasteiger partial charge in [-0.2, -0.15) is 5.10 Å². The van der Waals surface area contributed by atoms with Crippen LogP contribution in [-0.2, 0) is 4.79 Å². The summed E-state index contributed by atoms with van der Waals surface area (Å²) in [5.41, 5.74) is 1.03. The third-order valence-corrected chi connectivity index (χ3v) is 5.50. The number of allylic oxidation sites excluding steroid dienone is 4. The third-order valence-electron chi connectivity index (χ3n) is 4.00. The fourth-order valence-electron chi connectivity index (χ4n) is 2.54. The number of nitrogens with zero attached hydrogens (tertiary/aromatic N) is 3. The number of hydrogen-bond acceptors (Lipinski definition) is 4. The zero-order valence-corrected chi connectivity index (χ0v) is 22.7. The maximum absolute atomic E-state index is 13.2. The fraction of sp³-hybridized carbons (Fsp3) is 0.364. The Morgan fingerprint density at radius 1 is 1.34 bits per heavy atom. The molecule has 1 aromatic heterocycles. The van der Waals surface area contributed by atoms with Gasteiger partial charge in [-0.05, 0) is 66.2 Å². The van der Waals surface area contributed by atoms with E-state index < -0.39 is 5.91 Å². The van der Waals surface area contributed by atoms with E-state index in [-0.39, 0.29) is 28.5 Å². The second-order valence-electron chi connectivity index (χ2n) is 6.80. The highest BCUT2D eigenvalue weighted by molar-refractivity contribution is 9.11. The number of aliphatic imine (C=N–C) groups is 1. The SMILES string of the molecule is C=C/C(Cl)=C(\N=CC)n1nc(Br)cc1C(=O)NC(CC)=C(C=C(Br)CC)C(=O)NC(C)C. The van der Waals surface area contributed by atoms with Crippen molar-refractivity contribution in [3.05, 3.63) is 55.9 Å². The molecule has 1 aromatic rings. The normalized spacial score (nSPS) is 13.7. The van der Waals surface area contributed by atoms with Gasteiger partial charge < -0.3 is 10.6 Å². The summed E-state index contributed by atoms with van der Waals surface area (Å²) < 4.78 is 2.58. The van der Waals surface area contributed by atoms with Gasteiger partial charge in [0.2, 0.25) is 0 Å². The van der Waals surface area contributed by atoms with Crippen molar-refractivity contribution in [2.45, 2.75) is 53.5 Å². The maximum Gasteiger partial charge on any atom is 0.274 e. The average molecular weight is 590 g/mol. The molecule has 7 nitrogen and oxygen atoms in total. The standard InChI is InChI=1S/C22H28Br2ClN5O2/c1-7-14(23)11-15(21(31)27-13(5)6)17(9-3)28-22(32)18-12-19(24)29-30(18)20(26-10-4)16(25)8-2/h8,10-13H,2,7,9H2,1,3-6H3,(H,27,31)(H,28,32)/b14-11?,17-15?,20-16-,26-10?. The van der Waals surface area contributed by atoms with E-state index in [1.54, 1.807) is 19.1 Å². The summed E-state index contributed by atoms with van der Waals surface area (Å²) in [6, 6.07) is 1.49. The van der Waals surface area contributed by atoms with Crippen LogP contribution >= 0.6 is 43.5 Å². The van der Waals surface area contributed by atoms with Crippen molar-refractivity contribution in [3.63, 3.8) is 0 Å². The van der Waals surface area contributed by atoms with Crippen LogP contribution in [0.4, 0.5) is 0 Å². The van der Waals surface area contributed by atoms with Crippen molar-refractivity contribution in [1.82, 2.24) is 20.4 Å². The number of nitrogens with one attached hydrogen (secondary N) is 2. The number of carbonyl (C=O) groups excluding carboxylic acids is 2. The van der Waals surface area contributed by atoms with E-state index in [0.717, 1.165) is 4.48 Å². The molecule has 1 heterocycles. The van der Waals surface area contributed by atoms with Gasteiger partial charge in [0.05, 0.1) is 10.6 Å². The predicted molar refractivity (Wildman–Crippen MR) is 139 cm³/mol. The molecule has 0 spiro atoms. The highest BCUT2D eigenvalue weighted by Gasteiger charge is 2.22. The van der Waals surface area contributed by atoms with E-state index in [4.69, 9.17) is 11.6 Å². The van der Waals surface area contributed by atoms with Gasteiger partial charge >= 0.3 is 0 Å². The monoisotopic (exact) mass is 587 g/mol. The van der Waals surface area contributed by atoms with Gasteiger partial charge in [0.1, 0.15) is 10.3 Å². The van der Waals surface area contributed by atoms with Crippen LogP contribution in [0.15, 0.2) is 55.2 Å². The number of hydrogen-bond donors (Lipinski definition) is 2. The molecule has 0 unspecified atom stereocenters. The van der Waals surface area contributed by atoms with Crippen LogP contribution in [0.25, 0.3) is 5.82 Å². The summed E-state index contributed by atoms with van der Waals surface area (Å²) >= 11 is 13.0. The number of halogens is 3. The lowest BCUT2D eigenvalue weighted by atomic mass is 10.1. The molecule has 0 aromatic carbocycles. The number of carbonyl (C=O) groups is 2. The fourth-order valence-corrected chi connectivity index (χ4v) is 3.28. The van der Waals surface area contributed by atoms with E-state index >= 15 is 0 Å². The topological polar surface area (TPSA) is 88.4 Å². The molecule has 2 N–H and O–H groups in total. The molecule has 10 heteroatoms. The summed E-state index contributed by atoms with van der Waals surface area (Å²) in [7, 11) is 0. The van der Waals surface area contributed by atoms with Crippen LogP contribution in [0.1, 0.15) is 57.9 Å². The lowest BCUT2D eigenvalue weighted by Gasteiger charge is -2.16. The Bertz CT molecular complexity index is 990. The zero-order chi connectivity index (χ0) is 24.4. The molecule has 1 rings (SSSR count). The van der Waals surface area contributed by atoms with E-state index in [2.05, 4.69) is 59.2 Å². The van der Waals surface area contributed by atoms with Gasteiger partial charge in [-0.15, -0.1) is 0 Å². The van der Waals surface area contributed by atoms with E-state index in [1.165, 1.54) is 17.0 Å². The van der Waals surface area contributed by atoms with Crippen LogP contribution in [0.2, 0.25) is 0 Å². The molecule has 2 amide bonds. The second kappa shape index (κ2) is 13.5. The first-order valence-electron chi connectivity index (χ1n) is 10.1. The Balaban J connectivity index is 3.56. The Kier molecular flexibility index (Phi) is 11.9. The Morgan fingerprint density at radius 2 is 2.00 bits per heavy atom. The second-order valence-corrected chi connectivity index (χ2v) is 9.04. The van der Waals surface area contributed by atoms with E-state index in [1.807, 2.05) is 27.7 Å². The van der Waals surface area contributed by atoms with Gasteiger partial charge in [0.15, 0.2) is 5.82 Å². The summed E-state index contributed by atoms with van der Waals surface area (Å²) in [6.45, 7) is 13.0. The van der Waals surface area contributed by atoms with E-state index in [0.29, 0.717) is 28.7 Å². The molecule has 32 heavy (non-hydrogen) atoms. The van der Waals surface area contributed by atoms with Crippen LogP contribution < -0.4 is 10.6 Å². The predicted octanol–water partition coefficient (Wildman–Crippen LogP) is 5.89. The van der Waals surface area contributed by atoms with Crippen molar-refractivity contribution in [2.75, 3.05) is 0 Å². The van der Waals surface area contributed by atoms with Crippen LogP contribution in [0.5, 0.6) is 0 Å². The van der Waals surface area contributed by atoms with Crippen molar-refractivity contribution >= 4 is 67.3 Å². The molecule has 0 bridgehead atoms. The van der Waals surface area contributed by atoms with Crippen molar-refractivity contribution in [2.24, 2.45) is 4.99 Å². The Labute approximate surface area is 211 Å². The lowest BCUT2D eigenvalue weighted by Crippen LogP contribution is -2.34. The molecule has 0 fully saturated rings. The smallest absolute Gasteiger partial charge is 0.274 e. The molecule has 0 aliphatic heterocycles. The third kappa shape index (κ3) is 7.86. The highest BCUT2D eigenvalue weighted by atomic mass is 79.9. The largest absolute Gasteiger partial charge is 0.350 e. The molecule has 0 aliphatic carbocycles. The maximum atomic E-state index is 13.2. The zero-order valence-electron chi connectivity index (χ0n) is 18.8. The minimum Gasteiger partial charge on any atom is -0.350 e. The first-order chi connectivity index (χ1) is 15.1. The minimum absolute atomic E-state index is 0.0573. The molecule has 0 aliphatic rings. The molecular formula is C22H28Br2ClN5O2. The summed E-state index contributed by atoms with van der Waals surface area (Å²) in [5, 5.41) is 10.3. The number of aromatic nitrogens is 2. The van der Waals surface area contributed by atoms with Crippen molar-refractivity contribution < 1.29 is 9.59 Å². The van der Waals surface area contributed by atoms with Gasteiger partial charge in [0, 0.05) is 24.0 Å². The molecule has 174 valence electrons. The molecule has 0 radical (unpaired) electrons. The number of amides is 2. The first-order valence-corrected chi connectivity index (χ1v) is 12.0. The molecule has 0 saturated carbocycles. The van der Waals surface area contributed by atoms with Gasteiger partial charge in [0.25, 0.3) is 11.8 Å². The van der Waals surface area contributed by atoms with Gasteiger partial charge in [-0.25, -0.2) is 9.67 Å². The van der Waals surface area contributed by atoms with Gasteiger partial charge in [-0.3, -0.25) is 9.59 Å². The van der Waals surface area contributed by atoms with Crippen LogP contribution in [-0.4, -0.2) is 33.9 Å². The van der Waals surface area contributed by atoms with Crippen LogP contribution in [0.3, 0.4) is 0 Å². The Morgan fingerprint density at radius 3 is 2.50 bits per heavy atom. The molecule has 0 atom stereocenters. The summed E-state index contributed by atoms with van der Waals surface area (Å²) in [4.78, 5) is 30.3. The number of rotatable bonds is 10. The highest BCUT2D eigenvalue weighted by Crippen LogP contribution is 2.23. The minimum atomic E-state index is -0.465. The molecular weight excluding hydrogens is 562 g/mol. The van der Waals surface area contributed by atoms with Crippen molar-refractivity contribution in [1.29, 1.82) is 0 Å². The van der Waals surface area contributed by atoms with Gasteiger partial charge in [-0.1, -0.05) is 48.0 Å². The quantitative estimate of drug-likeness (QED) is 0.203. The Hall–Kier alpha value is -1.97. The lowest BCUT2D eigenvalue weighted by molar-refractivity contribution is -0.117. The van der Waals surface area contributed by atoms with Crippen molar-refractivity contribution in [3.8, 4) is 0 Å². The molecule has 0 saturated heterocycles.